The molecule has 2 aromatic rings. The van der Waals surface area contributed by atoms with Crippen LogP contribution in [0.25, 0.3) is 0 Å². The van der Waals surface area contributed by atoms with E-state index >= 15 is 0 Å². The van der Waals surface area contributed by atoms with Gasteiger partial charge in [-0.25, -0.2) is 13.4 Å². The molecular formula is C17H20N2O2S2. The van der Waals surface area contributed by atoms with Crippen molar-refractivity contribution in [2.24, 2.45) is 0 Å². The van der Waals surface area contributed by atoms with Gasteiger partial charge in [0.1, 0.15) is 4.90 Å². The summed E-state index contributed by atoms with van der Waals surface area (Å²) in [5.74, 6) is 0. The van der Waals surface area contributed by atoms with Crippen molar-refractivity contribution in [3.05, 3.63) is 54.2 Å². The third-order valence-electron chi connectivity index (χ3n) is 3.98. The molecule has 1 aliphatic heterocycles. The number of thioether (sulfide) groups is 1. The van der Waals surface area contributed by atoms with Crippen molar-refractivity contribution < 1.29 is 8.42 Å². The largest absolute Gasteiger partial charge is 0.249 e. The van der Waals surface area contributed by atoms with Gasteiger partial charge in [0.2, 0.25) is 10.0 Å². The number of hydrogen-bond acceptors (Lipinski definition) is 4. The monoisotopic (exact) mass is 348 g/mol. The third-order valence-corrected chi connectivity index (χ3v) is 6.97. The number of aromatic nitrogens is 1. The van der Waals surface area contributed by atoms with E-state index in [2.05, 4.69) is 24.0 Å². The van der Waals surface area contributed by atoms with Crippen molar-refractivity contribution in [1.82, 2.24) is 9.29 Å². The highest BCUT2D eigenvalue weighted by molar-refractivity contribution is 7.99. The highest BCUT2D eigenvalue weighted by Gasteiger charge is 2.27. The minimum absolute atomic E-state index is 0.268. The molecule has 1 aromatic carbocycles. The summed E-state index contributed by atoms with van der Waals surface area (Å²) in [6.07, 6.45) is 3.36. The molecule has 2 heterocycles. The second-order valence-electron chi connectivity index (χ2n) is 5.61. The van der Waals surface area contributed by atoms with Gasteiger partial charge in [0, 0.05) is 24.5 Å². The Morgan fingerprint density at radius 2 is 1.78 bits per heavy atom. The van der Waals surface area contributed by atoms with Crippen LogP contribution in [0, 0.1) is 0 Å². The highest BCUT2D eigenvalue weighted by atomic mass is 32.2. The fraction of sp³-hybridized carbons (Fsp3) is 0.353. The lowest BCUT2D eigenvalue weighted by atomic mass is 10.2. The molecule has 1 aliphatic rings. The molecule has 0 saturated carbocycles. The van der Waals surface area contributed by atoms with E-state index in [0.717, 1.165) is 17.9 Å². The van der Waals surface area contributed by atoms with Gasteiger partial charge >= 0.3 is 0 Å². The van der Waals surface area contributed by atoms with E-state index in [1.807, 2.05) is 18.2 Å². The second-order valence-corrected chi connectivity index (χ2v) is 8.91. The van der Waals surface area contributed by atoms with E-state index in [1.54, 1.807) is 28.2 Å². The molecule has 0 amide bonds. The maximum atomic E-state index is 12.5. The molecule has 1 aromatic heterocycles. The molecule has 0 bridgehead atoms. The van der Waals surface area contributed by atoms with Crippen LogP contribution in [-0.2, 0) is 10.0 Å². The van der Waals surface area contributed by atoms with Crippen LogP contribution in [0.2, 0.25) is 0 Å². The lowest BCUT2D eigenvalue weighted by Gasteiger charge is -2.15. The number of pyridine rings is 1. The van der Waals surface area contributed by atoms with Crippen LogP contribution in [0.15, 0.2) is 58.6 Å². The summed E-state index contributed by atoms with van der Waals surface area (Å²) in [5.41, 5.74) is 1.23. The van der Waals surface area contributed by atoms with Crippen molar-refractivity contribution in [3.63, 3.8) is 0 Å². The zero-order chi connectivity index (χ0) is 16.3. The standard InChI is InChI=1S/C17H20N2O2S2/c1-14(15-7-3-2-4-8-15)22-17-10-9-16(13-18-17)23(20,21)19-11-5-6-12-19/h2-4,7-10,13-14H,5-6,11-12H2,1H3. The zero-order valence-electron chi connectivity index (χ0n) is 13.1. The van der Waals surface area contributed by atoms with E-state index in [0.29, 0.717) is 13.1 Å². The fourth-order valence-electron chi connectivity index (χ4n) is 2.64. The van der Waals surface area contributed by atoms with E-state index in [9.17, 15) is 8.42 Å². The average Bonchev–Trinajstić information content (AvgIpc) is 3.11. The van der Waals surface area contributed by atoms with Crippen molar-refractivity contribution in [2.45, 2.75) is 34.9 Å². The smallest absolute Gasteiger partial charge is 0.244 e. The Balaban J connectivity index is 1.72. The summed E-state index contributed by atoms with van der Waals surface area (Å²) < 4.78 is 26.5. The number of hydrogen-bond donors (Lipinski definition) is 0. The number of rotatable bonds is 5. The first-order valence-corrected chi connectivity index (χ1v) is 10.1. The summed E-state index contributed by atoms with van der Waals surface area (Å²) in [6.45, 7) is 3.35. The molecule has 0 radical (unpaired) electrons. The van der Waals surface area contributed by atoms with Crippen molar-refractivity contribution in [2.75, 3.05) is 13.1 Å². The van der Waals surface area contributed by atoms with Crippen molar-refractivity contribution >= 4 is 21.8 Å². The Labute approximate surface area is 142 Å². The van der Waals surface area contributed by atoms with Crippen LogP contribution in [0.4, 0.5) is 0 Å². The Morgan fingerprint density at radius 3 is 2.39 bits per heavy atom. The van der Waals surface area contributed by atoms with Gasteiger partial charge < -0.3 is 0 Å². The second kappa shape index (κ2) is 7.03. The van der Waals surface area contributed by atoms with Crippen molar-refractivity contribution in [3.8, 4) is 0 Å². The van der Waals surface area contributed by atoms with Crippen molar-refractivity contribution in [1.29, 1.82) is 0 Å². The van der Waals surface area contributed by atoms with Crippen LogP contribution < -0.4 is 0 Å². The predicted molar refractivity (Wildman–Crippen MR) is 92.9 cm³/mol. The Morgan fingerprint density at radius 1 is 1.09 bits per heavy atom. The maximum absolute atomic E-state index is 12.5. The normalized spacial score (nSPS) is 17.3. The van der Waals surface area contributed by atoms with Gasteiger partial charge in [-0.15, -0.1) is 0 Å². The van der Waals surface area contributed by atoms with Gasteiger partial charge in [0.25, 0.3) is 0 Å². The number of sulfonamides is 1. The zero-order valence-corrected chi connectivity index (χ0v) is 14.7. The Kier molecular flexibility index (Phi) is 5.04. The first-order valence-electron chi connectivity index (χ1n) is 7.75. The molecule has 1 atom stereocenters. The Bertz CT molecular complexity index is 740. The van der Waals surface area contributed by atoms with Gasteiger partial charge in [-0.3, -0.25) is 0 Å². The SMILES string of the molecule is CC(Sc1ccc(S(=O)(=O)N2CCCC2)cn1)c1ccccc1. The van der Waals surface area contributed by atoms with Crippen LogP contribution in [0.1, 0.15) is 30.6 Å². The van der Waals surface area contributed by atoms with Gasteiger partial charge in [-0.1, -0.05) is 42.1 Å². The first-order chi connectivity index (χ1) is 11.1. The van der Waals surface area contributed by atoms with Gasteiger partial charge in [0.05, 0.1) is 5.03 Å². The molecule has 122 valence electrons. The van der Waals surface area contributed by atoms with Crippen LogP contribution >= 0.6 is 11.8 Å². The molecule has 6 heteroatoms. The molecule has 0 N–H and O–H groups in total. The lowest BCUT2D eigenvalue weighted by Crippen LogP contribution is -2.27. The topological polar surface area (TPSA) is 50.3 Å². The van der Waals surface area contributed by atoms with Crippen LogP contribution in [0.5, 0.6) is 0 Å². The highest BCUT2D eigenvalue weighted by Crippen LogP contribution is 2.33. The summed E-state index contributed by atoms with van der Waals surface area (Å²) >= 11 is 1.63. The van der Waals surface area contributed by atoms with Gasteiger partial charge in [-0.05, 0) is 37.5 Å². The molecule has 1 saturated heterocycles. The Hall–Kier alpha value is -1.37. The van der Waals surface area contributed by atoms with E-state index in [4.69, 9.17) is 0 Å². The molecule has 0 aliphatic carbocycles. The predicted octanol–water partition coefficient (Wildman–Crippen LogP) is 3.72. The summed E-state index contributed by atoms with van der Waals surface area (Å²) in [5, 5.41) is 1.10. The first kappa shape index (κ1) is 16.5. The molecule has 1 fully saturated rings. The summed E-state index contributed by atoms with van der Waals surface area (Å²) in [6, 6.07) is 13.7. The molecule has 3 rings (SSSR count). The van der Waals surface area contributed by atoms with Gasteiger partial charge in [0.15, 0.2) is 0 Å². The van der Waals surface area contributed by atoms with E-state index < -0.39 is 10.0 Å². The average molecular weight is 348 g/mol. The summed E-state index contributed by atoms with van der Waals surface area (Å²) in [4.78, 5) is 4.63. The van der Waals surface area contributed by atoms with Gasteiger partial charge in [-0.2, -0.15) is 4.31 Å². The quantitative estimate of drug-likeness (QED) is 0.773. The molecular weight excluding hydrogens is 328 g/mol. The summed E-state index contributed by atoms with van der Waals surface area (Å²) in [7, 11) is -3.37. The molecule has 1 unspecified atom stereocenters. The minimum atomic E-state index is -3.37. The number of benzene rings is 1. The maximum Gasteiger partial charge on any atom is 0.244 e. The third kappa shape index (κ3) is 3.76. The fourth-order valence-corrected chi connectivity index (χ4v) is 5.02. The van der Waals surface area contributed by atoms with E-state index in [-0.39, 0.29) is 10.1 Å². The lowest BCUT2D eigenvalue weighted by molar-refractivity contribution is 0.477. The van der Waals surface area contributed by atoms with E-state index in [1.165, 1.54) is 11.8 Å². The molecule has 23 heavy (non-hydrogen) atoms. The van der Waals surface area contributed by atoms with Crippen LogP contribution in [-0.4, -0.2) is 30.8 Å². The number of nitrogens with zero attached hydrogens (tertiary/aromatic N) is 2. The molecule has 4 nitrogen and oxygen atoms in total. The minimum Gasteiger partial charge on any atom is -0.249 e. The molecule has 0 spiro atoms. The van der Waals surface area contributed by atoms with Crippen LogP contribution in [0.3, 0.4) is 0 Å².